The Morgan fingerprint density at radius 1 is 1.15 bits per heavy atom. The second-order valence-corrected chi connectivity index (χ2v) is 6.43. The van der Waals surface area contributed by atoms with E-state index in [0.717, 1.165) is 15.6 Å². The van der Waals surface area contributed by atoms with Crippen LogP contribution in [0.5, 0.6) is 5.75 Å². The maximum Gasteiger partial charge on any atom is 0.328 e. The topological polar surface area (TPSA) is 93.2 Å². The summed E-state index contributed by atoms with van der Waals surface area (Å²) in [6, 6.07) is 12.9. The summed E-state index contributed by atoms with van der Waals surface area (Å²) in [6.07, 6.45) is 1.14. The SMILES string of the molecule is O=C(NCCOc1ccccc1)c1c[nH]c(=O)n(Cc2cccs2)c1=O. The Morgan fingerprint density at radius 3 is 2.69 bits per heavy atom. The molecule has 0 unspecified atom stereocenters. The van der Waals surface area contributed by atoms with Crippen molar-refractivity contribution in [1.29, 1.82) is 0 Å². The number of rotatable bonds is 7. The first kappa shape index (κ1) is 17.7. The summed E-state index contributed by atoms with van der Waals surface area (Å²) in [5.41, 5.74) is -1.28. The quantitative estimate of drug-likeness (QED) is 0.615. The van der Waals surface area contributed by atoms with E-state index in [9.17, 15) is 14.4 Å². The lowest BCUT2D eigenvalue weighted by molar-refractivity contribution is 0.0944. The molecular weight excluding hydrogens is 354 g/mol. The molecule has 0 aliphatic carbocycles. The highest BCUT2D eigenvalue weighted by molar-refractivity contribution is 7.09. The Balaban J connectivity index is 1.64. The van der Waals surface area contributed by atoms with E-state index < -0.39 is 17.2 Å². The molecule has 0 atom stereocenters. The number of aromatic amines is 1. The number of aromatic nitrogens is 2. The number of H-pyrrole nitrogens is 1. The predicted octanol–water partition coefficient (Wildman–Crippen LogP) is 1.46. The number of para-hydroxylation sites is 1. The number of benzene rings is 1. The fourth-order valence-corrected chi connectivity index (χ4v) is 3.01. The number of thiophene rings is 1. The van der Waals surface area contributed by atoms with Gasteiger partial charge in [-0.15, -0.1) is 11.3 Å². The second kappa shape index (κ2) is 8.30. The Bertz CT molecular complexity index is 978. The van der Waals surface area contributed by atoms with Crippen LogP contribution in [0, 0.1) is 0 Å². The molecule has 0 spiro atoms. The lowest BCUT2D eigenvalue weighted by atomic mass is 10.3. The minimum Gasteiger partial charge on any atom is -0.492 e. The van der Waals surface area contributed by atoms with Gasteiger partial charge in [0, 0.05) is 11.1 Å². The Hall–Kier alpha value is -3.13. The molecular formula is C18H17N3O4S. The number of amides is 1. The van der Waals surface area contributed by atoms with E-state index >= 15 is 0 Å². The molecule has 8 heteroatoms. The summed E-state index contributed by atoms with van der Waals surface area (Å²) in [5.74, 6) is 0.145. The molecule has 134 valence electrons. The summed E-state index contributed by atoms with van der Waals surface area (Å²) >= 11 is 1.43. The zero-order chi connectivity index (χ0) is 18.4. The van der Waals surface area contributed by atoms with E-state index in [-0.39, 0.29) is 25.3 Å². The standard InChI is InChI=1S/C18H17N3O4S/c22-16(19-8-9-25-13-5-2-1-3-6-13)15-11-20-18(24)21(17(15)23)12-14-7-4-10-26-14/h1-7,10-11H,8-9,12H2,(H,19,22)(H,20,24). The van der Waals surface area contributed by atoms with Crippen LogP contribution in [0.25, 0.3) is 0 Å². The van der Waals surface area contributed by atoms with Crippen LogP contribution in [-0.4, -0.2) is 28.6 Å². The van der Waals surface area contributed by atoms with E-state index in [1.807, 2.05) is 47.8 Å². The Kier molecular flexibility index (Phi) is 5.65. The van der Waals surface area contributed by atoms with Crippen LogP contribution in [-0.2, 0) is 6.54 Å². The Morgan fingerprint density at radius 2 is 1.96 bits per heavy atom. The maximum atomic E-state index is 12.5. The second-order valence-electron chi connectivity index (χ2n) is 5.40. The average Bonchev–Trinajstić information content (AvgIpc) is 3.16. The third-order valence-corrected chi connectivity index (χ3v) is 4.46. The van der Waals surface area contributed by atoms with E-state index in [1.54, 1.807) is 0 Å². The molecule has 0 saturated heterocycles. The summed E-state index contributed by atoms with van der Waals surface area (Å²) in [7, 11) is 0. The minimum atomic E-state index is -0.622. The molecule has 3 rings (SSSR count). The molecule has 26 heavy (non-hydrogen) atoms. The van der Waals surface area contributed by atoms with Gasteiger partial charge >= 0.3 is 5.69 Å². The van der Waals surface area contributed by atoms with Crippen molar-refractivity contribution in [3.8, 4) is 5.75 Å². The van der Waals surface area contributed by atoms with Gasteiger partial charge in [0.25, 0.3) is 11.5 Å². The highest BCUT2D eigenvalue weighted by atomic mass is 32.1. The third kappa shape index (κ3) is 4.28. The van der Waals surface area contributed by atoms with Crippen LogP contribution in [0.1, 0.15) is 15.2 Å². The number of nitrogens with zero attached hydrogens (tertiary/aromatic N) is 1. The lowest BCUT2D eigenvalue weighted by Crippen LogP contribution is -2.41. The van der Waals surface area contributed by atoms with Crippen molar-refractivity contribution in [1.82, 2.24) is 14.9 Å². The Labute approximate surface area is 152 Å². The lowest BCUT2D eigenvalue weighted by Gasteiger charge is -2.08. The van der Waals surface area contributed by atoms with Crippen molar-refractivity contribution in [3.63, 3.8) is 0 Å². The van der Waals surface area contributed by atoms with E-state index in [4.69, 9.17) is 4.74 Å². The van der Waals surface area contributed by atoms with Crippen molar-refractivity contribution in [3.05, 3.63) is 85.3 Å². The molecule has 0 aliphatic heterocycles. The summed E-state index contributed by atoms with van der Waals surface area (Å²) in [6.45, 7) is 0.629. The molecule has 0 fully saturated rings. The van der Waals surface area contributed by atoms with Gasteiger partial charge in [-0.1, -0.05) is 24.3 Å². The van der Waals surface area contributed by atoms with Gasteiger partial charge in [-0.05, 0) is 23.6 Å². The van der Waals surface area contributed by atoms with Gasteiger partial charge in [0.05, 0.1) is 13.1 Å². The van der Waals surface area contributed by atoms with Crippen LogP contribution in [0.4, 0.5) is 0 Å². The smallest absolute Gasteiger partial charge is 0.328 e. The molecule has 1 amide bonds. The first-order chi connectivity index (χ1) is 12.6. The fourth-order valence-electron chi connectivity index (χ4n) is 2.32. The fraction of sp³-hybridized carbons (Fsp3) is 0.167. The summed E-state index contributed by atoms with van der Waals surface area (Å²) < 4.78 is 6.50. The van der Waals surface area contributed by atoms with Crippen LogP contribution in [0.3, 0.4) is 0 Å². The number of carbonyl (C=O) groups excluding carboxylic acids is 1. The molecule has 2 N–H and O–H groups in total. The zero-order valence-electron chi connectivity index (χ0n) is 13.8. The molecule has 3 aromatic rings. The first-order valence-electron chi connectivity index (χ1n) is 7.96. The number of hydrogen-bond donors (Lipinski definition) is 2. The molecule has 7 nitrogen and oxygen atoms in total. The van der Waals surface area contributed by atoms with Gasteiger partial charge in [-0.25, -0.2) is 4.79 Å². The first-order valence-corrected chi connectivity index (χ1v) is 8.84. The highest BCUT2D eigenvalue weighted by Gasteiger charge is 2.14. The number of carbonyl (C=O) groups is 1. The van der Waals surface area contributed by atoms with Gasteiger partial charge in [0.2, 0.25) is 0 Å². The number of nitrogens with one attached hydrogen (secondary N) is 2. The van der Waals surface area contributed by atoms with Crippen LogP contribution in [0.15, 0.2) is 63.6 Å². The van der Waals surface area contributed by atoms with Crippen LogP contribution < -0.4 is 21.3 Å². The van der Waals surface area contributed by atoms with E-state index in [1.165, 1.54) is 11.3 Å². The molecule has 1 aromatic carbocycles. The van der Waals surface area contributed by atoms with Gasteiger partial charge in [-0.2, -0.15) is 0 Å². The number of hydrogen-bond acceptors (Lipinski definition) is 5. The molecule has 0 saturated carbocycles. The van der Waals surface area contributed by atoms with Crippen molar-refractivity contribution >= 4 is 17.2 Å². The highest BCUT2D eigenvalue weighted by Crippen LogP contribution is 2.08. The average molecular weight is 371 g/mol. The van der Waals surface area contributed by atoms with Crippen LogP contribution in [0.2, 0.25) is 0 Å². The van der Waals surface area contributed by atoms with Gasteiger partial charge in [0.15, 0.2) is 0 Å². The molecule has 0 radical (unpaired) electrons. The van der Waals surface area contributed by atoms with E-state index in [0.29, 0.717) is 5.75 Å². The van der Waals surface area contributed by atoms with E-state index in [2.05, 4.69) is 10.3 Å². The molecule has 2 aromatic heterocycles. The normalized spacial score (nSPS) is 10.5. The molecule has 0 bridgehead atoms. The summed E-state index contributed by atoms with van der Waals surface area (Å²) in [4.78, 5) is 39.9. The predicted molar refractivity (Wildman–Crippen MR) is 99.0 cm³/mol. The van der Waals surface area contributed by atoms with Gasteiger partial charge in [-0.3, -0.25) is 14.2 Å². The van der Waals surface area contributed by atoms with Crippen LogP contribution >= 0.6 is 11.3 Å². The van der Waals surface area contributed by atoms with Crippen molar-refractivity contribution in [2.45, 2.75) is 6.54 Å². The minimum absolute atomic E-state index is 0.110. The zero-order valence-corrected chi connectivity index (χ0v) is 14.6. The largest absolute Gasteiger partial charge is 0.492 e. The van der Waals surface area contributed by atoms with Crippen molar-refractivity contribution in [2.75, 3.05) is 13.2 Å². The molecule has 0 aliphatic rings. The summed E-state index contributed by atoms with van der Waals surface area (Å²) in [5, 5.41) is 4.48. The maximum absolute atomic E-state index is 12.5. The van der Waals surface area contributed by atoms with Gasteiger partial charge in [0.1, 0.15) is 17.9 Å². The third-order valence-electron chi connectivity index (χ3n) is 3.60. The number of ether oxygens (including phenoxy) is 1. The van der Waals surface area contributed by atoms with Crippen molar-refractivity contribution < 1.29 is 9.53 Å². The molecule has 2 heterocycles. The monoisotopic (exact) mass is 371 g/mol. The van der Waals surface area contributed by atoms with Crippen molar-refractivity contribution in [2.24, 2.45) is 0 Å². The van der Waals surface area contributed by atoms with Gasteiger partial charge < -0.3 is 15.0 Å².